The van der Waals surface area contributed by atoms with Crippen LogP contribution in [0.3, 0.4) is 0 Å². The van der Waals surface area contributed by atoms with E-state index >= 15 is 0 Å². The fourth-order valence-electron chi connectivity index (χ4n) is 3.37. The van der Waals surface area contributed by atoms with Crippen molar-refractivity contribution in [3.8, 4) is 0 Å². The highest BCUT2D eigenvalue weighted by Gasteiger charge is 2.36. The zero-order chi connectivity index (χ0) is 23.2. The number of anilines is 1. The van der Waals surface area contributed by atoms with E-state index in [1.54, 1.807) is 38.4 Å². The van der Waals surface area contributed by atoms with Crippen molar-refractivity contribution in [2.45, 2.75) is 0 Å². The van der Waals surface area contributed by atoms with E-state index in [1.807, 2.05) is 0 Å². The number of hydrogen-bond donors (Lipinski definition) is 1. The number of carbonyl (C=O) groups excluding carboxylic acids is 3. The number of imide groups is 1. The Balaban J connectivity index is 1.53. The van der Waals surface area contributed by atoms with E-state index in [1.165, 1.54) is 27.3 Å². The maximum Gasteiger partial charge on any atom is 0.328 e. The van der Waals surface area contributed by atoms with Gasteiger partial charge in [-0.05, 0) is 53.7 Å². The summed E-state index contributed by atoms with van der Waals surface area (Å²) in [6.45, 7) is -0.446. The molecule has 1 N–H and O–H groups in total. The van der Waals surface area contributed by atoms with Crippen molar-refractivity contribution in [2.75, 3.05) is 11.9 Å². The molecular formula is C21H16Cl2N4O4S. The van der Waals surface area contributed by atoms with Gasteiger partial charge in [-0.15, -0.1) is 0 Å². The first-order valence-corrected chi connectivity index (χ1v) is 10.9. The summed E-state index contributed by atoms with van der Waals surface area (Å²) in [5.41, 5.74) is 2.30. The highest BCUT2D eigenvalue weighted by atomic mass is 35.5. The molecule has 11 heteroatoms. The fourth-order valence-corrected chi connectivity index (χ4v) is 4.74. The van der Waals surface area contributed by atoms with Gasteiger partial charge < -0.3 is 5.32 Å². The topological polar surface area (TPSA) is 93.4 Å². The van der Waals surface area contributed by atoms with Crippen LogP contribution < -0.4 is 11.0 Å². The highest BCUT2D eigenvalue weighted by Crippen LogP contribution is 2.32. The lowest BCUT2D eigenvalue weighted by Gasteiger charge is -2.12. The summed E-state index contributed by atoms with van der Waals surface area (Å²) >= 11 is 12.6. The third-order valence-corrected chi connectivity index (χ3v) is 6.26. The zero-order valence-corrected chi connectivity index (χ0v) is 19.2. The lowest BCUT2D eigenvalue weighted by atomic mass is 10.2. The molecule has 0 aliphatic carbocycles. The number of halogens is 2. The van der Waals surface area contributed by atoms with Crippen LogP contribution in [0.4, 0.5) is 10.5 Å². The van der Waals surface area contributed by atoms with Crippen LogP contribution in [0.25, 0.3) is 17.1 Å². The minimum atomic E-state index is -0.568. The van der Waals surface area contributed by atoms with Gasteiger partial charge in [0.1, 0.15) is 6.54 Å². The number of aromatic nitrogens is 2. The second-order valence-corrected chi connectivity index (χ2v) is 8.99. The molecule has 1 saturated heterocycles. The molecule has 0 atom stereocenters. The third kappa shape index (κ3) is 4.19. The summed E-state index contributed by atoms with van der Waals surface area (Å²) in [7, 11) is 3.34. The molecular weight excluding hydrogens is 475 g/mol. The van der Waals surface area contributed by atoms with E-state index in [2.05, 4.69) is 5.32 Å². The Bertz CT molecular complexity index is 1370. The first-order valence-electron chi connectivity index (χ1n) is 9.31. The van der Waals surface area contributed by atoms with E-state index in [-0.39, 0.29) is 10.6 Å². The van der Waals surface area contributed by atoms with Crippen molar-refractivity contribution in [3.05, 3.63) is 67.4 Å². The minimum absolute atomic E-state index is 0.163. The van der Waals surface area contributed by atoms with Gasteiger partial charge in [-0.2, -0.15) is 0 Å². The number of hydrogen-bond acceptors (Lipinski definition) is 5. The zero-order valence-electron chi connectivity index (χ0n) is 16.9. The van der Waals surface area contributed by atoms with Gasteiger partial charge in [-0.25, -0.2) is 4.79 Å². The molecule has 1 aliphatic rings. The van der Waals surface area contributed by atoms with Crippen molar-refractivity contribution in [1.82, 2.24) is 14.0 Å². The fraction of sp³-hybridized carbons (Fsp3) is 0.143. The van der Waals surface area contributed by atoms with E-state index < -0.39 is 23.6 Å². The Morgan fingerprint density at radius 1 is 1.00 bits per heavy atom. The molecule has 4 rings (SSSR count). The number of amides is 3. The normalized spacial score (nSPS) is 15.2. The molecule has 164 valence electrons. The van der Waals surface area contributed by atoms with Gasteiger partial charge in [-0.1, -0.05) is 29.3 Å². The van der Waals surface area contributed by atoms with Crippen molar-refractivity contribution in [3.63, 3.8) is 0 Å². The largest absolute Gasteiger partial charge is 0.328 e. The third-order valence-electron chi connectivity index (χ3n) is 4.92. The van der Waals surface area contributed by atoms with Crippen molar-refractivity contribution >= 4 is 74.8 Å². The Morgan fingerprint density at radius 3 is 2.34 bits per heavy atom. The summed E-state index contributed by atoms with van der Waals surface area (Å²) in [6.07, 6.45) is 1.57. The molecule has 2 heterocycles. The van der Waals surface area contributed by atoms with Crippen LogP contribution in [-0.4, -0.2) is 37.6 Å². The Hall–Kier alpha value is -3.01. The van der Waals surface area contributed by atoms with Crippen LogP contribution in [0.2, 0.25) is 10.0 Å². The van der Waals surface area contributed by atoms with Gasteiger partial charge in [0.2, 0.25) is 5.91 Å². The maximum absolute atomic E-state index is 12.7. The quantitative estimate of drug-likeness (QED) is 0.560. The number of nitrogens with one attached hydrogen (secondary N) is 1. The van der Waals surface area contributed by atoms with Crippen LogP contribution in [0.1, 0.15) is 5.56 Å². The van der Waals surface area contributed by atoms with Gasteiger partial charge in [0.05, 0.1) is 15.9 Å². The molecule has 0 spiro atoms. The van der Waals surface area contributed by atoms with Crippen LogP contribution in [0.15, 0.2) is 46.1 Å². The van der Waals surface area contributed by atoms with Crippen LogP contribution in [0, 0.1) is 0 Å². The van der Waals surface area contributed by atoms with Crippen molar-refractivity contribution in [1.29, 1.82) is 0 Å². The van der Waals surface area contributed by atoms with Gasteiger partial charge in [0.25, 0.3) is 11.1 Å². The predicted molar refractivity (Wildman–Crippen MR) is 126 cm³/mol. The van der Waals surface area contributed by atoms with Crippen molar-refractivity contribution < 1.29 is 14.4 Å². The summed E-state index contributed by atoms with van der Waals surface area (Å²) in [5.74, 6) is -1.13. The Morgan fingerprint density at radius 2 is 1.66 bits per heavy atom. The second-order valence-electron chi connectivity index (χ2n) is 7.12. The van der Waals surface area contributed by atoms with Gasteiger partial charge >= 0.3 is 5.69 Å². The summed E-state index contributed by atoms with van der Waals surface area (Å²) in [4.78, 5) is 50.6. The smallest absolute Gasteiger partial charge is 0.324 e. The molecule has 3 aromatic rings. The monoisotopic (exact) mass is 490 g/mol. The number of benzene rings is 2. The number of aryl methyl sites for hydroxylation is 2. The van der Waals surface area contributed by atoms with E-state index in [4.69, 9.17) is 23.2 Å². The molecule has 1 fully saturated rings. The average molecular weight is 491 g/mol. The number of carbonyl (C=O) groups is 3. The van der Waals surface area contributed by atoms with E-state index in [0.717, 1.165) is 22.2 Å². The average Bonchev–Trinajstić information content (AvgIpc) is 3.09. The van der Waals surface area contributed by atoms with Crippen molar-refractivity contribution in [2.24, 2.45) is 14.1 Å². The lowest BCUT2D eigenvalue weighted by molar-refractivity contribution is -0.127. The minimum Gasteiger partial charge on any atom is -0.324 e. The van der Waals surface area contributed by atoms with Gasteiger partial charge in [0.15, 0.2) is 0 Å². The molecule has 8 nitrogen and oxygen atoms in total. The summed E-state index contributed by atoms with van der Waals surface area (Å²) < 4.78 is 3.03. The maximum atomic E-state index is 12.7. The summed E-state index contributed by atoms with van der Waals surface area (Å²) in [5, 5.41) is 2.71. The predicted octanol–water partition coefficient (Wildman–Crippen LogP) is 3.86. The molecule has 0 unspecified atom stereocenters. The Kier molecular flexibility index (Phi) is 5.89. The molecule has 0 bridgehead atoms. The molecule has 0 radical (unpaired) electrons. The molecule has 0 saturated carbocycles. The number of imidazole rings is 1. The van der Waals surface area contributed by atoms with Crippen LogP contribution >= 0.6 is 35.0 Å². The molecule has 1 aromatic heterocycles. The van der Waals surface area contributed by atoms with Crippen LogP contribution in [-0.2, 0) is 23.7 Å². The SMILES string of the molecule is Cn1c(=O)n(C)c2cc(/C=C3\SC(=O)N(CC(=O)Nc4cc(Cl)cc(Cl)c4)C3=O)ccc21. The first-order chi connectivity index (χ1) is 15.1. The lowest BCUT2D eigenvalue weighted by Crippen LogP contribution is -2.36. The standard InChI is InChI=1S/C21H16Cl2N4O4S/c1-25-15-4-3-11(5-16(15)26(2)20(25)30)6-17-19(29)27(21(31)32-17)10-18(28)24-14-8-12(22)7-13(23)9-14/h3-9H,10H2,1-2H3,(H,24,28)/b17-6-. The molecule has 2 aromatic carbocycles. The highest BCUT2D eigenvalue weighted by molar-refractivity contribution is 8.18. The molecule has 32 heavy (non-hydrogen) atoms. The second kappa shape index (κ2) is 8.50. The molecule has 1 aliphatic heterocycles. The number of thioether (sulfide) groups is 1. The number of rotatable bonds is 4. The van der Waals surface area contributed by atoms with Gasteiger partial charge in [0, 0.05) is 29.8 Å². The number of fused-ring (bicyclic) bond motifs is 1. The Labute approximate surface area is 196 Å². The van der Waals surface area contributed by atoms with E-state index in [0.29, 0.717) is 26.8 Å². The summed E-state index contributed by atoms with van der Waals surface area (Å²) in [6, 6.07) is 9.82. The number of nitrogens with zero attached hydrogens (tertiary/aromatic N) is 3. The van der Waals surface area contributed by atoms with E-state index in [9.17, 15) is 19.2 Å². The molecule has 3 amide bonds. The first kappa shape index (κ1) is 22.2. The van der Waals surface area contributed by atoms with Crippen LogP contribution in [0.5, 0.6) is 0 Å². The van der Waals surface area contributed by atoms with Gasteiger partial charge in [-0.3, -0.25) is 28.4 Å².